The number of imide groups is 1. The van der Waals surface area contributed by atoms with Crippen molar-refractivity contribution < 1.29 is 19.1 Å². The van der Waals surface area contributed by atoms with Crippen LogP contribution in [-0.2, 0) is 16.0 Å². The molecule has 0 atom stereocenters. The third kappa shape index (κ3) is 5.89. The molecule has 1 aromatic heterocycles. The molecule has 44 heavy (non-hydrogen) atoms. The summed E-state index contributed by atoms with van der Waals surface area (Å²) < 4.78 is 10.6. The zero-order valence-electron chi connectivity index (χ0n) is 24.3. The summed E-state index contributed by atoms with van der Waals surface area (Å²) in [5.74, 6) is 0.578. The summed E-state index contributed by atoms with van der Waals surface area (Å²) in [5.41, 5.74) is 6.30. The van der Waals surface area contributed by atoms with Crippen LogP contribution in [0.1, 0.15) is 27.9 Å². The highest BCUT2D eigenvalue weighted by Crippen LogP contribution is 2.39. The average Bonchev–Trinajstić information content (AvgIpc) is 3.34. The number of anilines is 1. The van der Waals surface area contributed by atoms with Crippen LogP contribution in [-0.4, -0.2) is 37.2 Å². The van der Waals surface area contributed by atoms with Gasteiger partial charge in [-0.1, -0.05) is 54.6 Å². The lowest BCUT2D eigenvalue weighted by Crippen LogP contribution is -2.31. The minimum atomic E-state index is -0.374. The summed E-state index contributed by atoms with van der Waals surface area (Å²) in [6.45, 7) is 0. The van der Waals surface area contributed by atoms with Gasteiger partial charge in [0.1, 0.15) is 11.5 Å². The van der Waals surface area contributed by atoms with Gasteiger partial charge in [0.15, 0.2) is 0 Å². The minimum absolute atomic E-state index is 0.345. The molecule has 0 bridgehead atoms. The Kier molecular flexibility index (Phi) is 8.10. The van der Waals surface area contributed by atoms with E-state index in [0.29, 0.717) is 45.9 Å². The number of aliphatic imine (C=N–C) groups is 1. The fourth-order valence-electron chi connectivity index (χ4n) is 5.11. The van der Waals surface area contributed by atoms with E-state index in [1.807, 2.05) is 66.7 Å². The van der Waals surface area contributed by atoms with Gasteiger partial charge < -0.3 is 9.47 Å². The SMILES string of the molecule is COc1ccc(C2=C(c3ccc(OC)cc3)C(=O)N(c3ccc(Cc4ccc(N=Cc5ccccn5)cc4)cc3)C2=O)cc1. The number of methoxy groups -OCH3 is 2. The highest BCUT2D eigenvalue weighted by molar-refractivity contribution is 6.57. The maximum Gasteiger partial charge on any atom is 0.266 e. The van der Waals surface area contributed by atoms with Gasteiger partial charge in [0.25, 0.3) is 11.8 Å². The van der Waals surface area contributed by atoms with Crippen LogP contribution in [0.15, 0.2) is 126 Å². The first kappa shape index (κ1) is 28.3. The molecule has 1 aliphatic heterocycles. The average molecular weight is 580 g/mol. The van der Waals surface area contributed by atoms with E-state index in [-0.39, 0.29) is 11.8 Å². The Balaban J connectivity index is 1.23. The summed E-state index contributed by atoms with van der Waals surface area (Å²) in [5, 5.41) is 0. The van der Waals surface area contributed by atoms with Gasteiger partial charge in [-0.3, -0.25) is 19.6 Å². The van der Waals surface area contributed by atoms with E-state index in [1.54, 1.807) is 75.2 Å². The van der Waals surface area contributed by atoms with Crippen molar-refractivity contribution >= 4 is 40.5 Å². The second-order valence-corrected chi connectivity index (χ2v) is 10.2. The van der Waals surface area contributed by atoms with E-state index in [1.165, 1.54) is 4.90 Å². The molecule has 4 aromatic carbocycles. The number of amides is 2. The molecule has 0 radical (unpaired) electrons. The molecule has 0 fully saturated rings. The number of hydrogen-bond donors (Lipinski definition) is 0. The first-order valence-electron chi connectivity index (χ1n) is 14.1. The second kappa shape index (κ2) is 12.6. The van der Waals surface area contributed by atoms with Gasteiger partial charge in [-0.2, -0.15) is 0 Å². The molecule has 5 aromatic rings. The van der Waals surface area contributed by atoms with E-state index < -0.39 is 0 Å². The van der Waals surface area contributed by atoms with Gasteiger partial charge in [0.05, 0.1) is 48.6 Å². The predicted octanol–water partition coefficient (Wildman–Crippen LogP) is 6.92. The molecule has 0 spiro atoms. The fraction of sp³-hybridized carbons (Fsp3) is 0.0811. The molecule has 6 rings (SSSR count). The summed E-state index contributed by atoms with van der Waals surface area (Å²) in [4.78, 5) is 37.8. The fourth-order valence-corrected chi connectivity index (χ4v) is 5.11. The molecule has 0 saturated heterocycles. The zero-order valence-corrected chi connectivity index (χ0v) is 24.3. The van der Waals surface area contributed by atoms with Crippen molar-refractivity contribution in [2.45, 2.75) is 6.42 Å². The van der Waals surface area contributed by atoms with Gasteiger partial charge in [-0.25, -0.2) is 4.90 Å². The van der Waals surface area contributed by atoms with Crippen molar-refractivity contribution in [2.75, 3.05) is 19.1 Å². The molecule has 2 heterocycles. The maximum atomic E-state index is 13.9. The van der Waals surface area contributed by atoms with Crippen LogP contribution in [0.3, 0.4) is 0 Å². The molecule has 7 nitrogen and oxygen atoms in total. The van der Waals surface area contributed by atoms with E-state index >= 15 is 0 Å². The Morgan fingerprint density at radius 1 is 0.659 bits per heavy atom. The van der Waals surface area contributed by atoms with E-state index in [2.05, 4.69) is 9.98 Å². The first-order valence-corrected chi connectivity index (χ1v) is 14.1. The Bertz CT molecular complexity index is 1780. The summed E-state index contributed by atoms with van der Waals surface area (Å²) in [6, 6.07) is 35.6. The van der Waals surface area contributed by atoms with Crippen LogP contribution in [0.2, 0.25) is 0 Å². The van der Waals surface area contributed by atoms with Gasteiger partial charge in [0, 0.05) is 6.20 Å². The number of aromatic nitrogens is 1. The minimum Gasteiger partial charge on any atom is -0.497 e. The number of hydrogen-bond acceptors (Lipinski definition) is 6. The maximum absolute atomic E-state index is 13.9. The standard InChI is InChI=1S/C37H29N3O4/c1-43-32-18-10-27(11-19-32)34-35(28-12-20-33(44-2)21-13-28)37(42)40(36(34)41)31-16-8-26(9-17-31)23-25-6-14-29(15-7-25)39-24-30-5-3-4-22-38-30/h3-22,24H,23H2,1-2H3. The van der Waals surface area contributed by atoms with Crippen LogP contribution in [0.5, 0.6) is 11.5 Å². The largest absolute Gasteiger partial charge is 0.497 e. The van der Waals surface area contributed by atoms with Crippen LogP contribution in [0, 0.1) is 0 Å². The topological polar surface area (TPSA) is 81.1 Å². The number of pyridine rings is 1. The Morgan fingerprint density at radius 3 is 1.66 bits per heavy atom. The van der Waals surface area contributed by atoms with Crippen molar-refractivity contribution in [1.29, 1.82) is 0 Å². The van der Waals surface area contributed by atoms with Crippen molar-refractivity contribution in [1.82, 2.24) is 4.98 Å². The van der Waals surface area contributed by atoms with Crippen molar-refractivity contribution in [3.8, 4) is 11.5 Å². The molecule has 216 valence electrons. The van der Waals surface area contributed by atoms with Crippen LogP contribution < -0.4 is 14.4 Å². The quantitative estimate of drug-likeness (QED) is 0.140. The Hall–Kier alpha value is -5.82. The van der Waals surface area contributed by atoms with Crippen LogP contribution in [0.25, 0.3) is 11.1 Å². The Labute approximate surface area is 255 Å². The van der Waals surface area contributed by atoms with Crippen molar-refractivity contribution in [2.24, 2.45) is 4.99 Å². The molecule has 2 amide bonds. The number of carbonyl (C=O) groups excluding carboxylic acids is 2. The van der Waals surface area contributed by atoms with E-state index in [0.717, 1.165) is 22.5 Å². The van der Waals surface area contributed by atoms with Crippen LogP contribution in [0.4, 0.5) is 11.4 Å². The van der Waals surface area contributed by atoms with Gasteiger partial charge in [0.2, 0.25) is 0 Å². The number of carbonyl (C=O) groups is 2. The third-order valence-electron chi connectivity index (χ3n) is 7.41. The summed E-state index contributed by atoms with van der Waals surface area (Å²) >= 11 is 0. The van der Waals surface area contributed by atoms with Gasteiger partial charge in [-0.15, -0.1) is 0 Å². The number of ether oxygens (including phenoxy) is 2. The molecule has 0 aliphatic carbocycles. The first-order chi connectivity index (χ1) is 21.5. The monoisotopic (exact) mass is 579 g/mol. The highest BCUT2D eigenvalue weighted by atomic mass is 16.5. The highest BCUT2D eigenvalue weighted by Gasteiger charge is 2.40. The number of benzene rings is 4. The third-order valence-corrected chi connectivity index (χ3v) is 7.41. The summed E-state index contributed by atoms with van der Waals surface area (Å²) in [6.07, 6.45) is 4.17. The number of rotatable bonds is 9. The predicted molar refractivity (Wildman–Crippen MR) is 172 cm³/mol. The summed E-state index contributed by atoms with van der Waals surface area (Å²) in [7, 11) is 3.17. The van der Waals surface area contributed by atoms with E-state index in [4.69, 9.17) is 9.47 Å². The normalized spacial score (nSPS) is 13.2. The number of nitrogens with zero attached hydrogens (tertiary/aromatic N) is 3. The van der Waals surface area contributed by atoms with Gasteiger partial charge in [-0.05, 0) is 89.3 Å². The molecular formula is C37H29N3O4. The molecule has 7 heteroatoms. The lowest BCUT2D eigenvalue weighted by atomic mass is 9.96. The molecule has 0 N–H and O–H groups in total. The van der Waals surface area contributed by atoms with Crippen molar-refractivity contribution in [3.63, 3.8) is 0 Å². The second-order valence-electron chi connectivity index (χ2n) is 10.2. The lowest BCUT2D eigenvalue weighted by molar-refractivity contribution is -0.119. The molecular weight excluding hydrogens is 550 g/mol. The van der Waals surface area contributed by atoms with Gasteiger partial charge >= 0.3 is 0 Å². The zero-order chi connectivity index (χ0) is 30.5. The molecule has 0 unspecified atom stereocenters. The molecule has 1 aliphatic rings. The van der Waals surface area contributed by atoms with Crippen LogP contribution >= 0.6 is 0 Å². The van der Waals surface area contributed by atoms with Crippen molar-refractivity contribution in [3.05, 3.63) is 149 Å². The van der Waals surface area contributed by atoms with E-state index in [9.17, 15) is 9.59 Å². The Morgan fingerprint density at radius 2 is 1.18 bits per heavy atom. The lowest BCUT2D eigenvalue weighted by Gasteiger charge is -2.16. The smallest absolute Gasteiger partial charge is 0.266 e. The molecule has 0 saturated carbocycles.